The number of oxime groups is 1. The summed E-state index contributed by atoms with van der Waals surface area (Å²) in [5.74, 6) is -0.820. The summed E-state index contributed by atoms with van der Waals surface area (Å²) in [6.07, 6.45) is 0.353. The molecule has 0 radical (unpaired) electrons. The summed E-state index contributed by atoms with van der Waals surface area (Å²) < 4.78 is 0. The molecule has 7 heteroatoms. The molecule has 0 unspecified atom stereocenters. The minimum Gasteiger partial charge on any atom is -0.399 e. The fraction of sp³-hybridized carbons (Fsp3) is 0.240. The van der Waals surface area contributed by atoms with E-state index < -0.39 is 12.0 Å². The van der Waals surface area contributed by atoms with Crippen molar-refractivity contribution in [2.75, 3.05) is 13.7 Å². The van der Waals surface area contributed by atoms with Crippen LogP contribution in [0.25, 0.3) is 0 Å². The first-order valence-corrected chi connectivity index (χ1v) is 11.3. The Morgan fingerprint density at radius 3 is 2.28 bits per heavy atom. The Balaban J connectivity index is 1.62. The first kappa shape index (κ1) is 21.8. The minimum absolute atomic E-state index is 0.125. The van der Waals surface area contributed by atoms with Gasteiger partial charge < -0.3 is 15.1 Å². The second-order valence-electron chi connectivity index (χ2n) is 7.58. The highest BCUT2D eigenvalue weighted by Crippen LogP contribution is 2.30. The summed E-state index contributed by atoms with van der Waals surface area (Å²) >= 11 is 1.58. The number of nitrogens with one attached hydrogen (secondary N) is 1. The zero-order valence-corrected chi connectivity index (χ0v) is 18.6. The molecule has 3 aromatic rings. The molecule has 0 saturated carbocycles. The van der Waals surface area contributed by atoms with Crippen LogP contribution < -0.4 is 5.32 Å². The Morgan fingerprint density at radius 2 is 1.72 bits per heavy atom. The van der Waals surface area contributed by atoms with Crippen molar-refractivity contribution in [2.45, 2.75) is 24.9 Å². The first-order chi connectivity index (χ1) is 15.7. The van der Waals surface area contributed by atoms with Gasteiger partial charge in [0.1, 0.15) is 13.2 Å². The summed E-state index contributed by atoms with van der Waals surface area (Å²) in [5, 5.41) is 9.00. The van der Waals surface area contributed by atoms with Crippen molar-refractivity contribution in [3.05, 3.63) is 94.2 Å². The maximum Gasteiger partial charge on any atom is 0.243 e. The zero-order chi connectivity index (χ0) is 22.3. The molecule has 2 heterocycles. The number of rotatable bonds is 7. The van der Waals surface area contributed by atoms with Crippen LogP contribution in [0, 0.1) is 0 Å². The number of hydrogen-bond donors (Lipinski definition) is 1. The average molecular weight is 448 g/mol. The molecule has 1 N–H and O–H groups in total. The number of carbonyl (C=O) groups excluding carboxylic acids is 2. The summed E-state index contributed by atoms with van der Waals surface area (Å²) in [6.45, 7) is 0.701. The van der Waals surface area contributed by atoms with Crippen LogP contribution in [0.4, 0.5) is 0 Å². The number of benzene rings is 2. The van der Waals surface area contributed by atoms with Crippen LogP contribution in [0.2, 0.25) is 0 Å². The van der Waals surface area contributed by atoms with Crippen molar-refractivity contribution in [3.8, 4) is 0 Å². The standard InChI is InChI=1S/C25H25N3O3S/c1-31-27-20-15-22(24(29)26-16-21-13-8-14-32-21)28(17-20)25(30)23(18-9-4-2-5-10-18)19-11-6-3-7-12-19/h2-14,22-23H,15-17H2,1H3,(H,26,29)/t22-/m0/s1. The fourth-order valence-electron chi connectivity index (χ4n) is 4.01. The molecule has 0 spiro atoms. The minimum atomic E-state index is -0.633. The van der Waals surface area contributed by atoms with Crippen LogP contribution in [0.1, 0.15) is 28.3 Å². The van der Waals surface area contributed by atoms with Gasteiger partial charge in [0.2, 0.25) is 11.8 Å². The molecule has 2 amide bonds. The number of amides is 2. The van der Waals surface area contributed by atoms with E-state index in [1.807, 2.05) is 78.2 Å². The van der Waals surface area contributed by atoms with Gasteiger partial charge in [-0.25, -0.2) is 0 Å². The SMILES string of the molecule is CON=C1C[C@@H](C(=O)NCc2cccs2)N(C(=O)C(c2ccccc2)c2ccccc2)C1. The van der Waals surface area contributed by atoms with E-state index in [1.165, 1.54) is 7.11 Å². The number of thiophene rings is 1. The van der Waals surface area contributed by atoms with Gasteiger partial charge in [0.15, 0.2) is 0 Å². The van der Waals surface area contributed by atoms with E-state index in [2.05, 4.69) is 10.5 Å². The molecular weight excluding hydrogens is 422 g/mol. The lowest BCUT2D eigenvalue weighted by molar-refractivity contribution is -0.138. The third-order valence-electron chi connectivity index (χ3n) is 5.49. The van der Waals surface area contributed by atoms with Gasteiger partial charge in [-0.2, -0.15) is 0 Å². The van der Waals surface area contributed by atoms with Crippen molar-refractivity contribution in [1.82, 2.24) is 10.2 Å². The monoisotopic (exact) mass is 447 g/mol. The molecule has 4 rings (SSSR count). The van der Waals surface area contributed by atoms with Crippen molar-refractivity contribution >= 4 is 28.9 Å². The van der Waals surface area contributed by atoms with Crippen molar-refractivity contribution in [3.63, 3.8) is 0 Å². The van der Waals surface area contributed by atoms with Crippen LogP contribution in [-0.4, -0.2) is 42.1 Å². The Morgan fingerprint density at radius 1 is 1.06 bits per heavy atom. The molecule has 1 aromatic heterocycles. The summed E-state index contributed by atoms with van der Waals surface area (Å²) in [6, 6.07) is 22.6. The van der Waals surface area contributed by atoms with Gasteiger partial charge in [0.25, 0.3) is 0 Å². The average Bonchev–Trinajstić information content (AvgIpc) is 3.50. The van der Waals surface area contributed by atoms with E-state index in [-0.39, 0.29) is 18.4 Å². The van der Waals surface area contributed by atoms with Crippen molar-refractivity contribution < 1.29 is 14.4 Å². The molecule has 2 aromatic carbocycles. The summed E-state index contributed by atoms with van der Waals surface area (Å²) in [4.78, 5) is 34.6. The molecule has 1 aliphatic heterocycles. The molecule has 1 fully saturated rings. The Kier molecular flexibility index (Phi) is 6.97. The highest BCUT2D eigenvalue weighted by atomic mass is 32.1. The molecule has 0 bridgehead atoms. The molecular formula is C25H25N3O3S. The molecule has 32 heavy (non-hydrogen) atoms. The lowest BCUT2D eigenvalue weighted by atomic mass is 9.90. The van der Waals surface area contributed by atoms with Crippen LogP contribution in [0.15, 0.2) is 83.3 Å². The van der Waals surface area contributed by atoms with Crippen LogP contribution in [-0.2, 0) is 21.0 Å². The van der Waals surface area contributed by atoms with Crippen molar-refractivity contribution in [2.24, 2.45) is 5.16 Å². The molecule has 1 saturated heterocycles. The summed E-state index contributed by atoms with van der Waals surface area (Å²) in [5.41, 5.74) is 2.45. The summed E-state index contributed by atoms with van der Waals surface area (Å²) in [7, 11) is 1.47. The lowest BCUT2D eigenvalue weighted by Crippen LogP contribution is -2.47. The van der Waals surface area contributed by atoms with E-state index in [9.17, 15) is 9.59 Å². The molecule has 1 atom stereocenters. The predicted octanol–water partition coefficient (Wildman–Crippen LogP) is 3.80. The fourth-order valence-corrected chi connectivity index (χ4v) is 4.65. The van der Waals surface area contributed by atoms with E-state index in [4.69, 9.17) is 4.84 Å². The van der Waals surface area contributed by atoms with Gasteiger partial charge in [-0.3, -0.25) is 9.59 Å². The second-order valence-corrected chi connectivity index (χ2v) is 8.61. The van der Waals surface area contributed by atoms with Gasteiger partial charge in [-0.15, -0.1) is 11.3 Å². The van der Waals surface area contributed by atoms with Gasteiger partial charge in [-0.1, -0.05) is 71.9 Å². The van der Waals surface area contributed by atoms with Crippen LogP contribution in [0.3, 0.4) is 0 Å². The third-order valence-corrected chi connectivity index (χ3v) is 6.37. The number of nitrogens with zero attached hydrogens (tertiary/aromatic N) is 2. The topological polar surface area (TPSA) is 71.0 Å². The Bertz CT molecular complexity index is 1030. The zero-order valence-electron chi connectivity index (χ0n) is 17.8. The van der Waals surface area contributed by atoms with Gasteiger partial charge >= 0.3 is 0 Å². The van der Waals surface area contributed by atoms with E-state index in [0.29, 0.717) is 18.7 Å². The molecule has 0 aliphatic carbocycles. The lowest BCUT2D eigenvalue weighted by Gasteiger charge is -2.28. The van der Waals surface area contributed by atoms with Crippen LogP contribution >= 0.6 is 11.3 Å². The largest absolute Gasteiger partial charge is 0.399 e. The number of likely N-dealkylation sites (tertiary alicyclic amines) is 1. The van der Waals surface area contributed by atoms with Gasteiger partial charge in [0.05, 0.1) is 24.7 Å². The molecule has 164 valence electrons. The quantitative estimate of drug-likeness (QED) is 0.560. The highest BCUT2D eigenvalue weighted by Gasteiger charge is 2.41. The highest BCUT2D eigenvalue weighted by molar-refractivity contribution is 7.09. The van der Waals surface area contributed by atoms with Gasteiger partial charge in [0, 0.05) is 11.3 Å². The molecule has 1 aliphatic rings. The normalized spacial score (nSPS) is 17.0. The smallest absolute Gasteiger partial charge is 0.243 e. The van der Waals surface area contributed by atoms with E-state index in [0.717, 1.165) is 16.0 Å². The number of hydrogen-bond acceptors (Lipinski definition) is 5. The predicted molar refractivity (Wildman–Crippen MR) is 125 cm³/mol. The Hall–Kier alpha value is -3.45. The molecule has 6 nitrogen and oxygen atoms in total. The second kappa shape index (κ2) is 10.2. The van der Waals surface area contributed by atoms with Crippen molar-refractivity contribution in [1.29, 1.82) is 0 Å². The maximum absolute atomic E-state index is 13.9. The first-order valence-electron chi connectivity index (χ1n) is 10.5. The maximum atomic E-state index is 13.9. The van der Waals surface area contributed by atoms with Crippen LogP contribution in [0.5, 0.6) is 0 Å². The van der Waals surface area contributed by atoms with E-state index in [1.54, 1.807) is 16.2 Å². The number of carbonyl (C=O) groups is 2. The van der Waals surface area contributed by atoms with E-state index >= 15 is 0 Å². The third kappa shape index (κ3) is 4.89. The Labute approximate surface area is 191 Å². The van der Waals surface area contributed by atoms with Gasteiger partial charge in [-0.05, 0) is 22.6 Å².